The van der Waals surface area contributed by atoms with Gasteiger partial charge in [-0.2, -0.15) is 0 Å². The summed E-state index contributed by atoms with van der Waals surface area (Å²) in [5, 5.41) is 2.73. The Hall–Kier alpha value is -3.26. The van der Waals surface area contributed by atoms with Gasteiger partial charge in [0.15, 0.2) is 0 Å². The number of fused-ring (bicyclic) bond motifs is 1. The highest BCUT2D eigenvalue weighted by molar-refractivity contribution is 9.10. The molecule has 1 aromatic heterocycles. The number of carbonyl (C=O) groups excluding carboxylic acids is 2. The molecule has 1 unspecified atom stereocenters. The third kappa shape index (κ3) is 3.90. The van der Waals surface area contributed by atoms with Crippen LogP contribution in [0, 0.1) is 12.7 Å². The van der Waals surface area contributed by atoms with Crippen LogP contribution in [0.1, 0.15) is 33.1 Å². The van der Waals surface area contributed by atoms with Crippen molar-refractivity contribution in [2.45, 2.75) is 19.5 Å². The highest BCUT2D eigenvalue weighted by atomic mass is 79.9. The van der Waals surface area contributed by atoms with Crippen molar-refractivity contribution in [3.63, 3.8) is 0 Å². The molecule has 3 aromatic rings. The number of pyridine rings is 1. The number of rotatable bonds is 5. The van der Waals surface area contributed by atoms with E-state index in [4.69, 9.17) is 4.74 Å². The summed E-state index contributed by atoms with van der Waals surface area (Å²) in [5.41, 5.74) is 2.39. The summed E-state index contributed by atoms with van der Waals surface area (Å²) in [5.74, 6) is -0.712. The maximum atomic E-state index is 14.2. The average molecular weight is 484 g/mol. The Balaban J connectivity index is 1.80. The van der Waals surface area contributed by atoms with Crippen molar-refractivity contribution in [1.29, 1.82) is 0 Å². The molecular formula is C23H19BrFN3O3. The highest BCUT2D eigenvalue weighted by Crippen LogP contribution is 2.38. The summed E-state index contributed by atoms with van der Waals surface area (Å²) in [6, 6.07) is 11.6. The Morgan fingerprint density at radius 3 is 2.77 bits per heavy atom. The lowest BCUT2D eigenvalue weighted by atomic mass is 10.0. The summed E-state index contributed by atoms with van der Waals surface area (Å²) in [6.45, 7) is 2.05. The number of nitrogens with one attached hydrogen (secondary N) is 1. The molecule has 8 heteroatoms. The number of aromatic nitrogens is 1. The van der Waals surface area contributed by atoms with Crippen LogP contribution in [0.2, 0.25) is 0 Å². The Kier molecular flexibility index (Phi) is 5.73. The zero-order valence-electron chi connectivity index (χ0n) is 16.9. The van der Waals surface area contributed by atoms with E-state index >= 15 is 0 Å². The van der Waals surface area contributed by atoms with Crippen molar-refractivity contribution in [2.75, 3.05) is 12.4 Å². The first-order valence-electron chi connectivity index (χ1n) is 9.55. The molecule has 0 spiro atoms. The standard InChI is InChI=1S/C23H19BrFN3O3/c1-13-17(24)8-6-14-12-28(23(30)20(13)14)21(16-11-15(25)7-9-18(16)31-2)22(29)27-19-5-3-4-10-26-19/h3-11,21H,12H2,1-2H3,(H,26,27,29). The van der Waals surface area contributed by atoms with E-state index in [9.17, 15) is 14.0 Å². The lowest BCUT2D eigenvalue weighted by molar-refractivity contribution is -0.120. The number of ether oxygens (including phenoxy) is 1. The van der Waals surface area contributed by atoms with Crippen molar-refractivity contribution in [1.82, 2.24) is 9.88 Å². The molecule has 31 heavy (non-hydrogen) atoms. The van der Waals surface area contributed by atoms with Crippen LogP contribution in [-0.2, 0) is 11.3 Å². The van der Waals surface area contributed by atoms with Gasteiger partial charge in [-0.05, 0) is 54.4 Å². The van der Waals surface area contributed by atoms with Crippen LogP contribution in [0.3, 0.4) is 0 Å². The number of nitrogens with zero attached hydrogens (tertiary/aromatic N) is 2. The molecule has 0 aliphatic carbocycles. The third-order valence-corrected chi connectivity index (χ3v) is 6.12. The van der Waals surface area contributed by atoms with Gasteiger partial charge in [0.25, 0.3) is 11.8 Å². The largest absolute Gasteiger partial charge is 0.496 e. The van der Waals surface area contributed by atoms with Gasteiger partial charge in [-0.3, -0.25) is 9.59 Å². The molecule has 6 nitrogen and oxygen atoms in total. The summed E-state index contributed by atoms with van der Waals surface area (Å²) in [6.07, 6.45) is 1.55. The van der Waals surface area contributed by atoms with Gasteiger partial charge >= 0.3 is 0 Å². The lowest BCUT2D eigenvalue weighted by Gasteiger charge is -2.28. The fourth-order valence-corrected chi connectivity index (χ4v) is 4.11. The second-order valence-electron chi connectivity index (χ2n) is 7.13. The third-order valence-electron chi connectivity index (χ3n) is 5.26. The molecule has 0 bridgehead atoms. The number of carbonyl (C=O) groups is 2. The topological polar surface area (TPSA) is 71.5 Å². The van der Waals surface area contributed by atoms with Crippen LogP contribution in [0.4, 0.5) is 10.2 Å². The van der Waals surface area contributed by atoms with Crippen LogP contribution in [-0.4, -0.2) is 28.8 Å². The number of anilines is 1. The first kappa shape index (κ1) is 21.0. The average Bonchev–Trinajstić information content (AvgIpc) is 3.08. The Labute approximate surface area is 187 Å². The zero-order chi connectivity index (χ0) is 22.1. The molecule has 0 fully saturated rings. The highest BCUT2D eigenvalue weighted by Gasteiger charge is 2.40. The van der Waals surface area contributed by atoms with E-state index in [-0.39, 0.29) is 18.0 Å². The van der Waals surface area contributed by atoms with Crippen LogP contribution in [0.5, 0.6) is 5.75 Å². The molecule has 0 saturated carbocycles. The maximum Gasteiger partial charge on any atom is 0.255 e. The van der Waals surface area contributed by atoms with Crippen LogP contribution >= 0.6 is 15.9 Å². The van der Waals surface area contributed by atoms with Gasteiger partial charge in [0, 0.05) is 28.3 Å². The minimum atomic E-state index is -1.12. The molecule has 1 atom stereocenters. The fraction of sp³-hybridized carbons (Fsp3) is 0.174. The normalized spacial score (nSPS) is 13.7. The van der Waals surface area contributed by atoms with Crippen LogP contribution < -0.4 is 10.1 Å². The molecule has 0 saturated heterocycles. The Morgan fingerprint density at radius 2 is 2.06 bits per heavy atom. The molecule has 2 aromatic carbocycles. The number of methoxy groups -OCH3 is 1. The first-order chi connectivity index (χ1) is 14.9. The van der Waals surface area contributed by atoms with Gasteiger partial charge in [-0.25, -0.2) is 9.37 Å². The maximum absolute atomic E-state index is 14.2. The zero-order valence-corrected chi connectivity index (χ0v) is 18.4. The van der Waals surface area contributed by atoms with Crippen LogP contribution in [0.25, 0.3) is 0 Å². The predicted octanol–water partition coefficient (Wildman–Crippen LogP) is 4.64. The summed E-state index contributed by atoms with van der Waals surface area (Å²) < 4.78 is 20.4. The molecule has 1 N–H and O–H groups in total. The minimum Gasteiger partial charge on any atom is -0.496 e. The molecule has 158 valence electrons. The molecule has 2 amide bonds. The predicted molar refractivity (Wildman–Crippen MR) is 117 cm³/mol. The molecule has 1 aliphatic heterocycles. The van der Waals surface area contributed by atoms with E-state index in [2.05, 4.69) is 26.2 Å². The van der Waals surface area contributed by atoms with Gasteiger partial charge in [-0.1, -0.05) is 28.1 Å². The van der Waals surface area contributed by atoms with Crippen molar-refractivity contribution in [3.05, 3.63) is 87.3 Å². The quantitative estimate of drug-likeness (QED) is 0.573. The van der Waals surface area contributed by atoms with Gasteiger partial charge in [0.2, 0.25) is 0 Å². The second-order valence-corrected chi connectivity index (χ2v) is 7.99. The van der Waals surface area contributed by atoms with E-state index in [1.165, 1.54) is 30.2 Å². The summed E-state index contributed by atoms with van der Waals surface area (Å²) in [7, 11) is 1.44. The van der Waals surface area contributed by atoms with Crippen molar-refractivity contribution in [3.8, 4) is 5.75 Å². The van der Waals surface area contributed by atoms with Gasteiger partial charge in [0.1, 0.15) is 23.4 Å². The van der Waals surface area contributed by atoms with Gasteiger partial charge in [-0.15, -0.1) is 0 Å². The number of hydrogen-bond donors (Lipinski definition) is 1. The summed E-state index contributed by atoms with van der Waals surface area (Å²) >= 11 is 3.46. The van der Waals surface area contributed by atoms with Crippen LogP contribution in [0.15, 0.2) is 59.2 Å². The molecule has 2 heterocycles. The SMILES string of the molecule is COc1ccc(F)cc1C(C(=O)Nc1ccccn1)N1Cc2ccc(Br)c(C)c2C1=O. The van der Waals surface area contributed by atoms with E-state index in [0.717, 1.165) is 15.6 Å². The first-order valence-corrected chi connectivity index (χ1v) is 10.3. The molecule has 0 radical (unpaired) electrons. The minimum absolute atomic E-state index is 0.211. The smallest absolute Gasteiger partial charge is 0.255 e. The number of halogens is 2. The van der Waals surface area contributed by atoms with Crippen molar-refractivity contribution < 1.29 is 18.7 Å². The number of benzene rings is 2. The van der Waals surface area contributed by atoms with Crippen molar-refractivity contribution in [2.24, 2.45) is 0 Å². The van der Waals surface area contributed by atoms with E-state index < -0.39 is 17.8 Å². The van der Waals surface area contributed by atoms with E-state index in [1.54, 1.807) is 24.4 Å². The summed E-state index contributed by atoms with van der Waals surface area (Å²) in [4.78, 5) is 32.3. The fourth-order valence-electron chi connectivity index (χ4n) is 3.78. The van der Waals surface area contributed by atoms with Gasteiger partial charge in [0.05, 0.1) is 7.11 Å². The number of amides is 2. The Morgan fingerprint density at radius 1 is 1.26 bits per heavy atom. The molecule has 4 rings (SSSR count). The number of hydrogen-bond acceptors (Lipinski definition) is 4. The second kappa shape index (κ2) is 8.47. The van der Waals surface area contributed by atoms with Gasteiger partial charge < -0.3 is 15.0 Å². The monoisotopic (exact) mass is 483 g/mol. The van der Waals surface area contributed by atoms with E-state index in [1.807, 2.05) is 19.1 Å². The Bertz CT molecular complexity index is 1170. The van der Waals surface area contributed by atoms with E-state index in [0.29, 0.717) is 17.1 Å². The lowest BCUT2D eigenvalue weighted by Crippen LogP contribution is -2.38. The molecule has 1 aliphatic rings. The van der Waals surface area contributed by atoms with Crippen molar-refractivity contribution >= 4 is 33.6 Å². The molecular weight excluding hydrogens is 465 g/mol.